The van der Waals surface area contributed by atoms with Crippen molar-refractivity contribution in [1.82, 2.24) is 4.57 Å². The molecule has 1 heterocycles. The maximum atomic E-state index is 13.5. The van der Waals surface area contributed by atoms with E-state index >= 15 is 0 Å². The van der Waals surface area contributed by atoms with Gasteiger partial charge in [-0.05, 0) is 24.1 Å². The Balaban J connectivity index is 2.25. The summed E-state index contributed by atoms with van der Waals surface area (Å²) in [7, 11) is 0. The standard InChI is InChI=1S/C23H24F3NO/c1-4-9-20-21(22(28)15(2)3)17-11-6-8-13-19(17)27(20)14-16-10-5-7-12-18(16)23(24,25)26/h5-8,10-13,15H,4,9,14H2,1-3H3. The lowest BCUT2D eigenvalue weighted by molar-refractivity contribution is -0.138. The highest BCUT2D eigenvalue weighted by Crippen LogP contribution is 2.35. The molecule has 0 amide bonds. The topological polar surface area (TPSA) is 22.0 Å². The van der Waals surface area contributed by atoms with Crippen LogP contribution in [0.5, 0.6) is 0 Å². The van der Waals surface area contributed by atoms with Crippen LogP contribution >= 0.6 is 0 Å². The average molecular weight is 387 g/mol. The molecule has 0 aliphatic carbocycles. The summed E-state index contributed by atoms with van der Waals surface area (Å²) in [6, 6.07) is 13.1. The van der Waals surface area contributed by atoms with Crippen LogP contribution in [0, 0.1) is 5.92 Å². The van der Waals surface area contributed by atoms with Gasteiger partial charge in [-0.3, -0.25) is 4.79 Å². The molecule has 5 heteroatoms. The zero-order valence-electron chi connectivity index (χ0n) is 16.3. The van der Waals surface area contributed by atoms with Crippen molar-refractivity contribution in [3.8, 4) is 0 Å². The predicted molar refractivity (Wildman–Crippen MR) is 106 cm³/mol. The quantitative estimate of drug-likeness (QED) is 0.443. The highest BCUT2D eigenvalue weighted by molar-refractivity contribution is 6.10. The zero-order chi connectivity index (χ0) is 20.5. The van der Waals surface area contributed by atoms with Gasteiger partial charge in [0.1, 0.15) is 0 Å². The van der Waals surface area contributed by atoms with E-state index in [2.05, 4.69) is 0 Å². The number of carbonyl (C=O) groups excluding carboxylic acids is 1. The van der Waals surface area contributed by atoms with Gasteiger partial charge in [0.05, 0.1) is 5.56 Å². The van der Waals surface area contributed by atoms with Crippen molar-refractivity contribution in [2.24, 2.45) is 5.92 Å². The molecule has 0 aliphatic rings. The molecule has 0 radical (unpaired) electrons. The Kier molecular flexibility index (Phi) is 5.64. The number of rotatable bonds is 6. The summed E-state index contributed by atoms with van der Waals surface area (Å²) in [5.74, 6) is -0.153. The molecule has 3 aromatic rings. The second-order valence-corrected chi connectivity index (χ2v) is 7.35. The molecule has 0 unspecified atom stereocenters. The van der Waals surface area contributed by atoms with E-state index in [-0.39, 0.29) is 23.8 Å². The number of halogens is 3. The normalized spacial score (nSPS) is 12.1. The molecular weight excluding hydrogens is 363 g/mol. The highest BCUT2D eigenvalue weighted by atomic mass is 19.4. The van der Waals surface area contributed by atoms with Crippen molar-refractivity contribution in [1.29, 1.82) is 0 Å². The first-order valence-corrected chi connectivity index (χ1v) is 9.55. The summed E-state index contributed by atoms with van der Waals surface area (Å²) in [5.41, 5.74) is 1.84. The summed E-state index contributed by atoms with van der Waals surface area (Å²) in [6.45, 7) is 5.79. The van der Waals surface area contributed by atoms with Gasteiger partial charge in [0.15, 0.2) is 5.78 Å². The van der Waals surface area contributed by atoms with Crippen LogP contribution in [-0.4, -0.2) is 10.4 Å². The number of alkyl halides is 3. The SMILES string of the molecule is CCCc1c(C(=O)C(C)C)c2ccccc2n1Cc1ccccc1C(F)(F)F. The minimum Gasteiger partial charge on any atom is -0.339 e. The van der Waals surface area contributed by atoms with E-state index in [0.29, 0.717) is 12.0 Å². The van der Waals surface area contributed by atoms with Gasteiger partial charge in [-0.2, -0.15) is 13.2 Å². The Morgan fingerprint density at radius 3 is 2.32 bits per heavy atom. The maximum Gasteiger partial charge on any atom is 0.416 e. The fourth-order valence-corrected chi connectivity index (χ4v) is 3.70. The Morgan fingerprint density at radius 1 is 1.04 bits per heavy atom. The summed E-state index contributed by atoms with van der Waals surface area (Å²) in [6.07, 6.45) is -2.98. The van der Waals surface area contributed by atoms with Gasteiger partial charge in [-0.1, -0.05) is 63.6 Å². The molecule has 2 aromatic carbocycles. The molecule has 0 bridgehead atoms. The molecule has 3 rings (SSSR count). The molecule has 0 spiro atoms. The van der Waals surface area contributed by atoms with Crippen LogP contribution in [0.4, 0.5) is 13.2 Å². The fraction of sp³-hybridized carbons (Fsp3) is 0.348. The van der Waals surface area contributed by atoms with E-state index < -0.39 is 11.7 Å². The number of fused-ring (bicyclic) bond motifs is 1. The van der Waals surface area contributed by atoms with Crippen LogP contribution in [-0.2, 0) is 19.1 Å². The van der Waals surface area contributed by atoms with Gasteiger partial charge in [0, 0.05) is 34.6 Å². The van der Waals surface area contributed by atoms with Crippen molar-refractivity contribution in [3.63, 3.8) is 0 Å². The van der Waals surface area contributed by atoms with Gasteiger partial charge in [-0.25, -0.2) is 0 Å². The average Bonchev–Trinajstić information content (AvgIpc) is 2.94. The van der Waals surface area contributed by atoms with Gasteiger partial charge in [0.25, 0.3) is 0 Å². The third-order valence-corrected chi connectivity index (χ3v) is 4.99. The van der Waals surface area contributed by atoms with E-state index in [1.165, 1.54) is 12.1 Å². The monoisotopic (exact) mass is 387 g/mol. The van der Waals surface area contributed by atoms with Crippen LogP contribution in [0.3, 0.4) is 0 Å². The van der Waals surface area contributed by atoms with Gasteiger partial charge in [0.2, 0.25) is 0 Å². The number of aromatic nitrogens is 1. The molecule has 0 atom stereocenters. The van der Waals surface area contributed by atoms with Crippen molar-refractivity contribution in [2.45, 2.75) is 46.3 Å². The van der Waals surface area contributed by atoms with E-state index in [4.69, 9.17) is 0 Å². The maximum absolute atomic E-state index is 13.5. The van der Waals surface area contributed by atoms with Crippen molar-refractivity contribution in [2.75, 3.05) is 0 Å². The molecule has 0 N–H and O–H groups in total. The van der Waals surface area contributed by atoms with E-state index in [0.717, 1.165) is 29.1 Å². The largest absolute Gasteiger partial charge is 0.416 e. The minimum absolute atomic E-state index is 0.0301. The molecular formula is C23H24F3NO. The van der Waals surface area contributed by atoms with Gasteiger partial charge >= 0.3 is 6.18 Å². The Morgan fingerprint density at radius 2 is 1.68 bits per heavy atom. The first kappa shape index (κ1) is 20.2. The highest BCUT2D eigenvalue weighted by Gasteiger charge is 2.33. The number of hydrogen-bond acceptors (Lipinski definition) is 1. The molecule has 2 nitrogen and oxygen atoms in total. The lowest BCUT2D eigenvalue weighted by Gasteiger charge is -2.16. The molecule has 0 fully saturated rings. The molecule has 28 heavy (non-hydrogen) atoms. The number of para-hydroxylation sites is 1. The van der Waals surface area contributed by atoms with E-state index in [1.807, 2.05) is 49.6 Å². The first-order chi connectivity index (χ1) is 13.3. The summed E-state index contributed by atoms with van der Waals surface area (Å²) >= 11 is 0. The Hall–Kier alpha value is -2.56. The third-order valence-electron chi connectivity index (χ3n) is 4.99. The Bertz CT molecular complexity index is 999. The van der Waals surface area contributed by atoms with E-state index in [1.54, 1.807) is 6.07 Å². The molecule has 0 aliphatic heterocycles. The summed E-state index contributed by atoms with van der Waals surface area (Å²) in [4.78, 5) is 13.0. The van der Waals surface area contributed by atoms with Crippen LogP contribution < -0.4 is 0 Å². The number of nitrogens with zero attached hydrogens (tertiary/aromatic N) is 1. The summed E-state index contributed by atoms with van der Waals surface area (Å²) in [5, 5.41) is 0.814. The number of Topliss-reactive ketones (excluding diaryl/α,β-unsaturated/α-hetero) is 1. The molecule has 0 saturated heterocycles. The number of ketones is 1. The lowest BCUT2D eigenvalue weighted by Crippen LogP contribution is -2.15. The van der Waals surface area contributed by atoms with Crippen LogP contribution in [0.15, 0.2) is 48.5 Å². The fourth-order valence-electron chi connectivity index (χ4n) is 3.70. The third kappa shape index (κ3) is 3.71. The van der Waals surface area contributed by atoms with Gasteiger partial charge < -0.3 is 4.57 Å². The van der Waals surface area contributed by atoms with Crippen LogP contribution in [0.1, 0.15) is 54.4 Å². The van der Waals surface area contributed by atoms with E-state index in [9.17, 15) is 18.0 Å². The first-order valence-electron chi connectivity index (χ1n) is 9.55. The second-order valence-electron chi connectivity index (χ2n) is 7.35. The smallest absolute Gasteiger partial charge is 0.339 e. The molecule has 148 valence electrons. The molecule has 1 aromatic heterocycles. The number of benzene rings is 2. The number of hydrogen-bond donors (Lipinski definition) is 0. The second kappa shape index (κ2) is 7.82. The summed E-state index contributed by atoms with van der Waals surface area (Å²) < 4.78 is 42.4. The van der Waals surface area contributed by atoms with Gasteiger partial charge in [-0.15, -0.1) is 0 Å². The minimum atomic E-state index is -4.42. The molecule has 0 saturated carbocycles. The lowest BCUT2D eigenvalue weighted by atomic mass is 9.96. The number of carbonyl (C=O) groups is 1. The predicted octanol–water partition coefficient (Wildman–Crippen LogP) is 6.50. The zero-order valence-corrected chi connectivity index (χ0v) is 16.3. The van der Waals surface area contributed by atoms with Crippen LogP contribution in [0.2, 0.25) is 0 Å². The van der Waals surface area contributed by atoms with Crippen molar-refractivity contribution in [3.05, 3.63) is 70.9 Å². The Labute approximate surface area is 163 Å². The van der Waals surface area contributed by atoms with Crippen molar-refractivity contribution < 1.29 is 18.0 Å². The van der Waals surface area contributed by atoms with Crippen molar-refractivity contribution >= 4 is 16.7 Å². The van der Waals surface area contributed by atoms with Crippen LogP contribution in [0.25, 0.3) is 10.9 Å².